The summed E-state index contributed by atoms with van der Waals surface area (Å²) in [5.74, 6) is -0.416. The third-order valence-electron chi connectivity index (χ3n) is 2.40. The zero-order valence-corrected chi connectivity index (χ0v) is 11.5. The Hall–Kier alpha value is -2.02. The van der Waals surface area contributed by atoms with Gasteiger partial charge in [-0.25, -0.2) is 4.79 Å². The predicted molar refractivity (Wildman–Crippen MR) is 71.9 cm³/mol. The largest absolute Gasteiger partial charge is 0.462 e. The van der Waals surface area contributed by atoms with Crippen molar-refractivity contribution in [3.05, 3.63) is 30.1 Å². The monoisotopic (exact) mass is 278 g/mol. The van der Waals surface area contributed by atoms with Crippen LogP contribution in [0, 0.1) is 0 Å². The number of benzene rings is 1. The van der Waals surface area contributed by atoms with Gasteiger partial charge in [0.05, 0.1) is 12.2 Å². The van der Waals surface area contributed by atoms with E-state index < -0.39 is 5.97 Å². The van der Waals surface area contributed by atoms with Gasteiger partial charge in [0.25, 0.3) is 0 Å². The van der Waals surface area contributed by atoms with Crippen LogP contribution >= 0.6 is 11.8 Å². The molecule has 2 rings (SSSR count). The van der Waals surface area contributed by atoms with Crippen molar-refractivity contribution in [3.63, 3.8) is 0 Å². The van der Waals surface area contributed by atoms with Gasteiger partial charge in [-0.3, -0.25) is 0 Å². The Kier molecular flexibility index (Phi) is 4.06. The van der Waals surface area contributed by atoms with Gasteiger partial charge in [-0.1, -0.05) is 0 Å². The minimum atomic E-state index is -0.416. The molecule has 6 nitrogen and oxygen atoms in total. The standard InChI is InChI=1S/C12H14N4O2S/c1-3-18-11(17)9-6-8(4-5-10(9)13)19-12-15-14-7-16(12)2/h4-7H,3,13H2,1-2H3. The zero-order chi connectivity index (χ0) is 13.8. The summed E-state index contributed by atoms with van der Waals surface area (Å²) in [4.78, 5) is 12.6. The van der Waals surface area contributed by atoms with Gasteiger partial charge in [0.15, 0.2) is 5.16 Å². The van der Waals surface area contributed by atoms with E-state index in [1.165, 1.54) is 11.8 Å². The summed E-state index contributed by atoms with van der Waals surface area (Å²) in [6.45, 7) is 2.07. The summed E-state index contributed by atoms with van der Waals surface area (Å²) in [6, 6.07) is 5.22. The highest BCUT2D eigenvalue weighted by molar-refractivity contribution is 7.99. The summed E-state index contributed by atoms with van der Waals surface area (Å²) in [5.41, 5.74) is 6.55. The van der Waals surface area contributed by atoms with Crippen LogP contribution in [0.4, 0.5) is 5.69 Å². The highest BCUT2D eigenvalue weighted by Gasteiger charge is 2.13. The van der Waals surface area contributed by atoms with Crippen molar-refractivity contribution in [1.82, 2.24) is 14.8 Å². The first kappa shape index (κ1) is 13.4. The van der Waals surface area contributed by atoms with Crippen molar-refractivity contribution in [2.24, 2.45) is 7.05 Å². The summed E-state index contributed by atoms with van der Waals surface area (Å²) in [5, 5.41) is 8.51. The zero-order valence-electron chi connectivity index (χ0n) is 10.7. The quantitative estimate of drug-likeness (QED) is 0.677. The Balaban J connectivity index is 2.26. The minimum absolute atomic E-state index is 0.318. The van der Waals surface area contributed by atoms with Crippen LogP contribution in [0.15, 0.2) is 34.6 Å². The topological polar surface area (TPSA) is 83.0 Å². The number of ether oxygens (including phenoxy) is 1. The molecule has 100 valence electrons. The van der Waals surface area contributed by atoms with Crippen molar-refractivity contribution >= 4 is 23.4 Å². The molecule has 2 N–H and O–H groups in total. The van der Waals surface area contributed by atoms with Crippen LogP contribution in [-0.2, 0) is 11.8 Å². The van der Waals surface area contributed by atoms with Gasteiger partial charge in [0.2, 0.25) is 0 Å². The van der Waals surface area contributed by atoms with Crippen LogP contribution in [0.2, 0.25) is 0 Å². The van der Waals surface area contributed by atoms with Gasteiger partial charge in [-0.15, -0.1) is 10.2 Å². The highest BCUT2D eigenvalue weighted by atomic mass is 32.2. The van der Waals surface area contributed by atoms with Crippen molar-refractivity contribution in [2.75, 3.05) is 12.3 Å². The molecule has 0 amide bonds. The van der Waals surface area contributed by atoms with Crippen LogP contribution in [-0.4, -0.2) is 27.3 Å². The van der Waals surface area contributed by atoms with Crippen LogP contribution in [0.5, 0.6) is 0 Å². The maximum Gasteiger partial charge on any atom is 0.340 e. The smallest absolute Gasteiger partial charge is 0.340 e. The van der Waals surface area contributed by atoms with E-state index in [-0.39, 0.29) is 0 Å². The summed E-state index contributed by atoms with van der Waals surface area (Å²) in [6.07, 6.45) is 1.62. The number of aryl methyl sites for hydroxylation is 1. The molecule has 1 aromatic heterocycles. The molecule has 0 saturated carbocycles. The van der Waals surface area contributed by atoms with Crippen LogP contribution < -0.4 is 5.73 Å². The van der Waals surface area contributed by atoms with Crippen molar-refractivity contribution < 1.29 is 9.53 Å². The summed E-state index contributed by atoms with van der Waals surface area (Å²) >= 11 is 1.41. The minimum Gasteiger partial charge on any atom is -0.462 e. The van der Waals surface area contributed by atoms with E-state index in [0.29, 0.717) is 17.9 Å². The summed E-state index contributed by atoms with van der Waals surface area (Å²) in [7, 11) is 1.85. The molecular formula is C12H14N4O2S. The molecule has 0 atom stereocenters. The Labute approximate surface area is 115 Å². The second-order valence-corrected chi connectivity index (χ2v) is 4.84. The van der Waals surface area contributed by atoms with E-state index in [0.717, 1.165) is 10.1 Å². The predicted octanol–water partition coefficient (Wildman–Crippen LogP) is 1.73. The molecule has 7 heteroatoms. The first-order chi connectivity index (χ1) is 9.11. The second-order valence-electron chi connectivity index (χ2n) is 3.80. The van der Waals surface area contributed by atoms with E-state index in [1.54, 1.807) is 30.0 Å². The van der Waals surface area contributed by atoms with Gasteiger partial charge in [0.1, 0.15) is 6.33 Å². The number of hydrogen-bond acceptors (Lipinski definition) is 6. The maximum absolute atomic E-state index is 11.7. The number of carbonyl (C=O) groups excluding carboxylic acids is 1. The molecular weight excluding hydrogens is 264 g/mol. The molecule has 0 bridgehead atoms. The fraction of sp³-hybridized carbons (Fsp3) is 0.250. The lowest BCUT2D eigenvalue weighted by Crippen LogP contribution is -2.08. The molecule has 1 heterocycles. The maximum atomic E-state index is 11.7. The van der Waals surface area contributed by atoms with E-state index in [1.807, 2.05) is 13.1 Å². The molecule has 0 saturated heterocycles. The second kappa shape index (κ2) is 5.75. The van der Waals surface area contributed by atoms with Gasteiger partial charge < -0.3 is 15.0 Å². The lowest BCUT2D eigenvalue weighted by molar-refractivity contribution is 0.0527. The number of hydrogen-bond donors (Lipinski definition) is 1. The lowest BCUT2D eigenvalue weighted by Gasteiger charge is -2.07. The Bertz CT molecular complexity index is 597. The third-order valence-corrected chi connectivity index (χ3v) is 3.44. The molecule has 0 unspecified atom stereocenters. The number of esters is 1. The molecule has 0 aliphatic carbocycles. The summed E-state index contributed by atoms with van der Waals surface area (Å²) < 4.78 is 6.76. The van der Waals surface area contributed by atoms with Crippen molar-refractivity contribution in [3.8, 4) is 0 Å². The van der Waals surface area contributed by atoms with Gasteiger partial charge in [0, 0.05) is 17.6 Å². The Morgan fingerprint density at radius 2 is 2.32 bits per heavy atom. The van der Waals surface area contributed by atoms with E-state index in [4.69, 9.17) is 10.5 Å². The molecule has 19 heavy (non-hydrogen) atoms. The number of rotatable bonds is 4. The number of aromatic nitrogens is 3. The van der Waals surface area contributed by atoms with Gasteiger partial charge >= 0.3 is 5.97 Å². The van der Waals surface area contributed by atoms with Crippen LogP contribution in [0.3, 0.4) is 0 Å². The number of carbonyl (C=O) groups is 1. The number of nitrogens with zero attached hydrogens (tertiary/aromatic N) is 3. The van der Waals surface area contributed by atoms with E-state index in [9.17, 15) is 4.79 Å². The SMILES string of the molecule is CCOC(=O)c1cc(Sc2nncn2C)ccc1N. The average Bonchev–Trinajstić information content (AvgIpc) is 2.78. The molecule has 0 aliphatic heterocycles. The van der Waals surface area contributed by atoms with E-state index >= 15 is 0 Å². The highest BCUT2D eigenvalue weighted by Crippen LogP contribution is 2.28. The normalized spacial score (nSPS) is 10.4. The van der Waals surface area contributed by atoms with Gasteiger partial charge in [-0.2, -0.15) is 0 Å². The molecule has 2 aromatic rings. The molecule has 0 aliphatic rings. The van der Waals surface area contributed by atoms with E-state index in [2.05, 4.69) is 10.2 Å². The number of anilines is 1. The Morgan fingerprint density at radius 1 is 1.53 bits per heavy atom. The Morgan fingerprint density at radius 3 is 2.95 bits per heavy atom. The molecule has 0 radical (unpaired) electrons. The third kappa shape index (κ3) is 3.05. The molecule has 1 aromatic carbocycles. The number of nitrogen functional groups attached to an aromatic ring is 1. The van der Waals surface area contributed by atoms with Crippen LogP contribution in [0.1, 0.15) is 17.3 Å². The van der Waals surface area contributed by atoms with Crippen LogP contribution in [0.25, 0.3) is 0 Å². The molecule has 0 spiro atoms. The first-order valence-corrected chi connectivity index (χ1v) is 6.52. The average molecular weight is 278 g/mol. The molecule has 0 fully saturated rings. The van der Waals surface area contributed by atoms with Crippen molar-refractivity contribution in [2.45, 2.75) is 17.0 Å². The lowest BCUT2D eigenvalue weighted by atomic mass is 10.2. The van der Waals surface area contributed by atoms with Crippen molar-refractivity contribution in [1.29, 1.82) is 0 Å². The first-order valence-electron chi connectivity index (χ1n) is 5.70. The fourth-order valence-corrected chi connectivity index (χ4v) is 2.26. The van der Waals surface area contributed by atoms with Gasteiger partial charge in [-0.05, 0) is 36.9 Å². The fourth-order valence-electron chi connectivity index (χ4n) is 1.45. The number of nitrogens with two attached hydrogens (primary N) is 1.